The number of carbonyl (C=O) groups excluding carboxylic acids is 3. The minimum Gasteiger partial charge on any atom is -0.493 e. The number of hydrogen-bond donors (Lipinski definition) is 0. The lowest BCUT2D eigenvalue weighted by atomic mass is 9.78. The van der Waals surface area contributed by atoms with Gasteiger partial charge >= 0.3 is 5.97 Å². The van der Waals surface area contributed by atoms with Crippen LogP contribution in [0.15, 0.2) is 36.7 Å². The number of likely N-dealkylation sites (tertiary alicyclic amines) is 1. The van der Waals surface area contributed by atoms with E-state index < -0.39 is 12.0 Å². The molecule has 2 amide bonds. The molecule has 0 unspecified atom stereocenters. The summed E-state index contributed by atoms with van der Waals surface area (Å²) in [7, 11) is 4.74. The fourth-order valence-corrected chi connectivity index (χ4v) is 5.07. The molecule has 4 rings (SSSR count). The lowest BCUT2D eigenvalue weighted by molar-refractivity contribution is -0.151. The van der Waals surface area contributed by atoms with Gasteiger partial charge in [-0.05, 0) is 49.1 Å². The van der Waals surface area contributed by atoms with E-state index in [1.807, 2.05) is 6.07 Å². The quantitative estimate of drug-likeness (QED) is 0.585. The Bertz CT molecular complexity index is 1100. The van der Waals surface area contributed by atoms with Crippen LogP contribution in [-0.2, 0) is 14.3 Å². The molecule has 2 atom stereocenters. The summed E-state index contributed by atoms with van der Waals surface area (Å²) in [4.78, 5) is 47.3. The number of methoxy groups -OCH3 is 2. The molecule has 0 spiro atoms. The van der Waals surface area contributed by atoms with Crippen molar-refractivity contribution in [2.45, 2.75) is 31.7 Å². The normalized spacial score (nSPS) is 20.3. The summed E-state index contributed by atoms with van der Waals surface area (Å²) in [5.41, 5.74) is 1.77. The second-order valence-corrected chi connectivity index (χ2v) is 8.77. The van der Waals surface area contributed by atoms with Crippen molar-refractivity contribution in [3.05, 3.63) is 53.3 Å². The summed E-state index contributed by atoms with van der Waals surface area (Å²) in [6.07, 6.45) is 4.44. The Labute approximate surface area is 205 Å². The number of carbonyl (C=O) groups is 3. The number of amides is 2. The Morgan fingerprint density at radius 1 is 1.11 bits per heavy atom. The molecule has 0 radical (unpaired) electrons. The number of aromatic nitrogens is 1. The van der Waals surface area contributed by atoms with Gasteiger partial charge in [0, 0.05) is 38.1 Å². The largest absolute Gasteiger partial charge is 0.493 e. The van der Waals surface area contributed by atoms with E-state index in [1.54, 1.807) is 54.4 Å². The van der Waals surface area contributed by atoms with Crippen LogP contribution in [0.3, 0.4) is 0 Å². The maximum Gasteiger partial charge on any atom is 0.309 e. The van der Waals surface area contributed by atoms with Crippen molar-refractivity contribution in [3.63, 3.8) is 0 Å². The first-order valence-corrected chi connectivity index (χ1v) is 11.8. The van der Waals surface area contributed by atoms with Gasteiger partial charge in [-0.25, -0.2) is 0 Å². The first-order chi connectivity index (χ1) is 16.9. The molecule has 1 aromatic carbocycles. The second kappa shape index (κ2) is 10.3. The number of esters is 1. The zero-order valence-corrected chi connectivity index (χ0v) is 20.5. The van der Waals surface area contributed by atoms with E-state index in [1.165, 1.54) is 14.2 Å². The molecule has 9 nitrogen and oxygen atoms in total. The molecule has 0 aliphatic carbocycles. The standard InChI is InChI=1S/C26H31N3O6/c1-5-35-26(32)16-8-11-29(12-9-16)25(31)22-18-13-20(33-3)21(34-4)14-19(18)24(30)28(2)23(22)17-7-6-10-27-15-17/h6-7,10,13-16,22-23H,5,8-9,11-12H2,1-4H3/t22-,23-/m0/s1. The van der Waals surface area contributed by atoms with Gasteiger partial charge in [0.1, 0.15) is 0 Å². The predicted molar refractivity (Wildman–Crippen MR) is 127 cm³/mol. The van der Waals surface area contributed by atoms with Crippen molar-refractivity contribution in [2.75, 3.05) is 41.0 Å². The highest BCUT2D eigenvalue weighted by atomic mass is 16.5. The van der Waals surface area contributed by atoms with E-state index in [-0.39, 0.29) is 23.7 Å². The fraction of sp³-hybridized carbons (Fsp3) is 0.462. The number of piperidine rings is 1. The molecule has 1 aromatic heterocycles. The monoisotopic (exact) mass is 481 g/mol. The topological polar surface area (TPSA) is 98.3 Å². The first-order valence-electron chi connectivity index (χ1n) is 11.8. The van der Waals surface area contributed by atoms with Gasteiger partial charge in [0.15, 0.2) is 11.5 Å². The summed E-state index contributed by atoms with van der Waals surface area (Å²) in [6, 6.07) is 6.50. The van der Waals surface area contributed by atoms with Crippen LogP contribution in [-0.4, -0.2) is 73.5 Å². The van der Waals surface area contributed by atoms with Crippen molar-refractivity contribution in [2.24, 2.45) is 5.92 Å². The molecular weight excluding hydrogens is 450 g/mol. The van der Waals surface area contributed by atoms with Crippen LogP contribution in [0.4, 0.5) is 0 Å². The molecule has 0 saturated carbocycles. The molecule has 2 aliphatic heterocycles. The minimum absolute atomic E-state index is 0.103. The van der Waals surface area contributed by atoms with Gasteiger partial charge in [0.25, 0.3) is 5.91 Å². The highest BCUT2D eigenvalue weighted by molar-refractivity contribution is 6.02. The SMILES string of the molecule is CCOC(=O)C1CCN(C(=O)[C@H]2c3cc(OC)c(OC)cc3C(=O)N(C)[C@H]2c2cccnc2)CC1. The molecule has 9 heteroatoms. The summed E-state index contributed by atoms with van der Waals surface area (Å²) < 4.78 is 16.1. The van der Waals surface area contributed by atoms with Crippen LogP contribution in [0.5, 0.6) is 11.5 Å². The number of rotatable bonds is 6. The summed E-state index contributed by atoms with van der Waals surface area (Å²) >= 11 is 0. The van der Waals surface area contributed by atoms with Gasteiger partial charge in [-0.3, -0.25) is 19.4 Å². The molecule has 3 heterocycles. The maximum absolute atomic E-state index is 14.1. The smallest absolute Gasteiger partial charge is 0.309 e. The molecule has 2 aliphatic rings. The molecule has 2 aromatic rings. The van der Waals surface area contributed by atoms with E-state index in [4.69, 9.17) is 14.2 Å². The van der Waals surface area contributed by atoms with E-state index in [0.717, 1.165) is 5.56 Å². The molecular formula is C26H31N3O6. The molecule has 1 saturated heterocycles. The highest BCUT2D eigenvalue weighted by Gasteiger charge is 2.45. The number of fused-ring (bicyclic) bond motifs is 1. The van der Waals surface area contributed by atoms with Crippen molar-refractivity contribution < 1.29 is 28.6 Å². The zero-order valence-electron chi connectivity index (χ0n) is 20.5. The Balaban J connectivity index is 1.74. The van der Waals surface area contributed by atoms with Crippen LogP contribution in [0.25, 0.3) is 0 Å². The van der Waals surface area contributed by atoms with Gasteiger partial charge in [-0.1, -0.05) is 6.07 Å². The van der Waals surface area contributed by atoms with E-state index in [9.17, 15) is 14.4 Å². The molecule has 186 valence electrons. The number of ether oxygens (including phenoxy) is 3. The summed E-state index contributed by atoms with van der Waals surface area (Å²) in [5, 5.41) is 0. The van der Waals surface area contributed by atoms with Gasteiger partial charge < -0.3 is 24.0 Å². The third-order valence-electron chi connectivity index (χ3n) is 6.89. The number of nitrogens with zero attached hydrogens (tertiary/aromatic N) is 3. The number of hydrogen-bond acceptors (Lipinski definition) is 7. The third-order valence-corrected chi connectivity index (χ3v) is 6.89. The van der Waals surface area contributed by atoms with Crippen molar-refractivity contribution >= 4 is 17.8 Å². The Morgan fingerprint density at radius 3 is 2.40 bits per heavy atom. The minimum atomic E-state index is -0.671. The Morgan fingerprint density at radius 2 is 1.80 bits per heavy atom. The Kier molecular flexibility index (Phi) is 7.23. The fourth-order valence-electron chi connectivity index (χ4n) is 5.07. The van der Waals surface area contributed by atoms with Crippen molar-refractivity contribution in [1.82, 2.24) is 14.8 Å². The number of likely N-dealkylation sites (N-methyl/N-ethyl adjacent to an activating group) is 1. The van der Waals surface area contributed by atoms with E-state index >= 15 is 0 Å². The summed E-state index contributed by atoms with van der Waals surface area (Å²) in [5.74, 6) is -0.523. The molecule has 0 N–H and O–H groups in total. The summed E-state index contributed by atoms with van der Waals surface area (Å²) in [6.45, 7) is 3.02. The van der Waals surface area contributed by atoms with Crippen LogP contribution in [0.1, 0.15) is 53.2 Å². The van der Waals surface area contributed by atoms with Gasteiger partial charge in [0.2, 0.25) is 5.91 Å². The predicted octanol–water partition coefficient (Wildman–Crippen LogP) is 2.81. The zero-order chi connectivity index (χ0) is 25.1. The maximum atomic E-state index is 14.1. The van der Waals surface area contributed by atoms with E-state index in [0.29, 0.717) is 55.2 Å². The number of benzene rings is 1. The van der Waals surface area contributed by atoms with Crippen molar-refractivity contribution in [3.8, 4) is 11.5 Å². The molecule has 35 heavy (non-hydrogen) atoms. The average Bonchev–Trinajstić information content (AvgIpc) is 2.90. The average molecular weight is 482 g/mol. The highest BCUT2D eigenvalue weighted by Crippen LogP contribution is 2.46. The molecule has 1 fully saturated rings. The third kappa shape index (κ3) is 4.54. The Hall–Kier alpha value is -3.62. The van der Waals surface area contributed by atoms with Gasteiger partial charge in [-0.2, -0.15) is 0 Å². The van der Waals surface area contributed by atoms with E-state index in [2.05, 4.69) is 4.98 Å². The van der Waals surface area contributed by atoms with Crippen LogP contribution >= 0.6 is 0 Å². The lowest BCUT2D eigenvalue weighted by Gasteiger charge is -2.42. The van der Waals surface area contributed by atoms with Crippen LogP contribution in [0.2, 0.25) is 0 Å². The first kappa shape index (κ1) is 24.5. The lowest BCUT2D eigenvalue weighted by Crippen LogP contribution is -2.49. The van der Waals surface area contributed by atoms with Gasteiger partial charge in [-0.15, -0.1) is 0 Å². The second-order valence-electron chi connectivity index (χ2n) is 8.77. The van der Waals surface area contributed by atoms with Gasteiger partial charge in [0.05, 0.1) is 38.7 Å². The van der Waals surface area contributed by atoms with Crippen molar-refractivity contribution in [1.29, 1.82) is 0 Å². The van der Waals surface area contributed by atoms with Crippen LogP contribution in [0, 0.1) is 5.92 Å². The van der Waals surface area contributed by atoms with Crippen LogP contribution < -0.4 is 9.47 Å². The number of pyridine rings is 1. The molecule has 0 bridgehead atoms.